The van der Waals surface area contributed by atoms with Crippen molar-refractivity contribution in [2.24, 2.45) is 11.6 Å². The standard InChI is InChI=1S/C25H30N6O5S2/c1-3-36-25(33)21-13-22(17-8-5-4-6-9-17)37-24(21)29-23(32)16-30(28)14-19(27)15-31(38(2,34)35)20-11-7-10-18(26)12-20/h4-14H,3,15-16,26-28H2,1-2H3,(H,29,32)/b19-14-. The summed E-state index contributed by atoms with van der Waals surface area (Å²) >= 11 is 1.23. The molecular formula is C25H30N6O5S2. The minimum Gasteiger partial charge on any atom is -0.462 e. The number of esters is 1. The van der Waals surface area contributed by atoms with Crippen molar-refractivity contribution >= 4 is 49.6 Å². The maximum absolute atomic E-state index is 12.8. The van der Waals surface area contributed by atoms with E-state index in [4.69, 9.17) is 22.0 Å². The highest BCUT2D eigenvalue weighted by atomic mass is 32.2. The van der Waals surface area contributed by atoms with Gasteiger partial charge in [0, 0.05) is 22.5 Å². The molecule has 1 heterocycles. The number of nitrogens with zero attached hydrogens (tertiary/aromatic N) is 2. The third kappa shape index (κ3) is 7.71. The van der Waals surface area contributed by atoms with Gasteiger partial charge in [0.15, 0.2) is 0 Å². The normalized spacial score (nSPS) is 11.6. The van der Waals surface area contributed by atoms with Crippen molar-refractivity contribution in [3.05, 3.63) is 78.1 Å². The average molecular weight is 559 g/mol. The average Bonchev–Trinajstić information content (AvgIpc) is 3.26. The van der Waals surface area contributed by atoms with E-state index in [-0.39, 0.29) is 31.0 Å². The van der Waals surface area contributed by atoms with Crippen molar-refractivity contribution in [2.75, 3.05) is 41.3 Å². The number of ether oxygens (including phenoxy) is 1. The zero-order chi connectivity index (χ0) is 27.9. The molecule has 0 aliphatic rings. The van der Waals surface area contributed by atoms with Crippen LogP contribution in [0.1, 0.15) is 17.3 Å². The summed E-state index contributed by atoms with van der Waals surface area (Å²) < 4.78 is 30.9. The number of hydrogen-bond acceptors (Lipinski definition) is 10. The van der Waals surface area contributed by atoms with Crippen molar-refractivity contribution in [3.8, 4) is 10.4 Å². The first kappa shape index (κ1) is 28.5. The van der Waals surface area contributed by atoms with Crippen LogP contribution in [0.5, 0.6) is 0 Å². The molecule has 0 atom stereocenters. The van der Waals surface area contributed by atoms with Gasteiger partial charge in [0.1, 0.15) is 11.5 Å². The second-order valence-corrected chi connectivity index (χ2v) is 11.2. The zero-order valence-electron chi connectivity index (χ0n) is 21.0. The molecule has 0 saturated heterocycles. The molecule has 3 rings (SSSR count). The summed E-state index contributed by atoms with van der Waals surface area (Å²) in [7, 11) is -3.69. The second kappa shape index (κ2) is 12.4. The van der Waals surface area contributed by atoms with Crippen molar-refractivity contribution in [3.63, 3.8) is 0 Å². The largest absolute Gasteiger partial charge is 0.462 e. The molecule has 0 unspecified atom stereocenters. The fourth-order valence-electron chi connectivity index (χ4n) is 3.47. The Morgan fingerprint density at radius 3 is 2.42 bits per heavy atom. The summed E-state index contributed by atoms with van der Waals surface area (Å²) in [6.07, 6.45) is 2.31. The molecule has 0 spiro atoms. The smallest absolute Gasteiger partial charge is 0.341 e. The van der Waals surface area contributed by atoms with Gasteiger partial charge in [-0.3, -0.25) is 9.10 Å². The Morgan fingerprint density at radius 1 is 1.08 bits per heavy atom. The monoisotopic (exact) mass is 558 g/mol. The van der Waals surface area contributed by atoms with Gasteiger partial charge in [-0.05, 0) is 36.8 Å². The highest BCUT2D eigenvalue weighted by Crippen LogP contribution is 2.36. The van der Waals surface area contributed by atoms with Crippen molar-refractivity contribution in [2.45, 2.75) is 6.92 Å². The number of hydrogen-bond donors (Lipinski definition) is 4. The van der Waals surface area contributed by atoms with Gasteiger partial charge in [0.05, 0.1) is 30.7 Å². The molecule has 2 aromatic carbocycles. The minimum atomic E-state index is -3.69. The maximum atomic E-state index is 12.8. The van der Waals surface area contributed by atoms with E-state index >= 15 is 0 Å². The van der Waals surface area contributed by atoms with E-state index in [1.807, 2.05) is 30.3 Å². The molecule has 0 fully saturated rings. The number of nitrogens with two attached hydrogens (primary N) is 3. The van der Waals surface area contributed by atoms with Gasteiger partial charge in [-0.1, -0.05) is 36.4 Å². The van der Waals surface area contributed by atoms with E-state index in [1.54, 1.807) is 31.2 Å². The molecule has 202 valence electrons. The van der Waals surface area contributed by atoms with Crippen molar-refractivity contribution in [1.82, 2.24) is 5.01 Å². The van der Waals surface area contributed by atoms with Gasteiger partial charge in [-0.2, -0.15) is 0 Å². The number of hydrazine groups is 1. The summed E-state index contributed by atoms with van der Waals surface area (Å²) in [5.41, 5.74) is 13.8. The third-order valence-electron chi connectivity index (χ3n) is 5.08. The Hall–Kier alpha value is -4.07. The lowest BCUT2D eigenvalue weighted by Crippen LogP contribution is -2.38. The number of carbonyl (C=O) groups is 2. The first-order valence-electron chi connectivity index (χ1n) is 11.4. The number of rotatable bonds is 11. The molecule has 38 heavy (non-hydrogen) atoms. The molecule has 0 radical (unpaired) electrons. The molecular weight excluding hydrogens is 528 g/mol. The highest BCUT2D eigenvalue weighted by molar-refractivity contribution is 7.92. The fraction of sp³-hybridized carbons (Fsp3) is 0.200. The van der Waals surface area contributed by atoms with E-state index in [0.29, 0.717) is 16.4 Å². The molecule has 3 aromatic rings. The Kier molecular flexibility index (Phi) is 9.34. The first-order chi connectivity index (χ1) is 18.0. The lowest BCUT2D eigenvalue weighted by molar-refractivity contribution is -0.116. The number of benzene rings is 2. The molecule has 0 saturated carbocycles. The maximum Gasteiger partial charge on any atom is 0.341 e. The van der Waals surface area contributed by atoms with Crippen LogP contribution in [0, 0.1) is 0 Å². The van der Waals surface area contributed by atoms with Gasteiger partial charge < -0.3 is 26.5 Å². The van der Waals surface area contributed by atoms with E-state index in [2.05, 4.69) is 5.32 Å². The molecule has 11 nitrogen and oxygen atoms in total. The summed E-state index contributed by atoms with van der Waals surface area (Å²) in [6, 6.07) is 17.4. The van der Waals surface area contributed by atoms with Gasteiger partial charge in [0.25, 0.3) is 0 Å². The Bertz CT molecular complexity index is 1420. The Labute approximate surface area is 225 Å². The molecule has 1 aromatic heterocycles. The third-order valence-corrected chi connectivity index (χ3v) is 7.32. The topological polar surface area (TPSA) is 174 Å². The fourth-order valence-corrected chi connectivity index (χ4v) is 5.41. The van der Waals surface area contributed by atoms with Crippen LogP contribution in [0.2, 0.25) is 0 Å². The van der Waals surface area contributed by atoms with Crippen LogP contribution in [0.3, 0.4) is 0 Å². The van der Waals surface area contributed by atoms with Gasteiger partial charge in [0.2, 0.25) is 15.9 Å². The van der Waals surface area contributed by atoms with Crippen LogP contribution in [0.4, 0.5) is 16.4 Å². The first-order valence-corrected chi connectivity index (χ1v) is 14.1. The molecule has 7 N–H and O–H groups in total. The number of carbonyl (C=O) groups excluding carboxylic acids is 2. The number of sulfonamides is 1. The lowest BCUT2D eigenvalue weighted by atomic mass is 10.1. The number of nitrogen functional groups attached to an aromatic ring is 1. The van der Waals surface area contributed by atoms with Crippen LogP contribution in [0.15, 0.2) is 72.6 Å². The summed E-state index contributed by atoms with van der Waals surface area (Å²) in [6.45, 7) is 1.35. The molecule has 1 amide bonds. The van der Waals surface area contributed by atoms with Crippen LogP contribution in [0.25, 0.3) is 10.4 Å². The van der Waals surface area contributed by atoms with Gasteiger partial charge in [-0.25, -0.2) is 19.1 Å². The lowest BCUT2D eigenvalue weighted by Gasteiger charge is -2.23. The number of anilines is 3. The Morgan fingerprint density at radius 2 is 1.79 bits per heavy atom. The summed E-state index contributed by atoms with van der Waals surface area (Å²) in [4.78, 5) is 26.0. The number of amides is 1. The Balaban J connectivity index is 1.73. The van der Waals surface area contributed by atoms with Crippen LogP contribution in [-0.4, -0.2) is 51.3 Å². The minimum absolute atomic E-state index is 0.0860. The van der Waals surface area contributed by atoms with E-state index in [1.165, 1.54) is 23.6 Å². The molecule has 0 bridgehead atoms. The van der Waals surface area contributed by atoms with Crippen molar-refractivity contribution < 1.29 is 22.7 Å². The zero-order valence-corrected chi connectivity index (χ0v) is 22.6. The summed E-state index contributed by atoms with van der Waals surface area (Å²) in [5, 5.41) is 4.06. The van der Waals surface area contributed by atoms with E-state index in [9.17, 15) is 18.0 Å². The van der Waals surface area contributed by atoms with Crippen LogP contribution < -0.4 is 26.9 Å². The van der Waals surface area contributed by atoms with E-state index < -0.39 is 21.9 Å². The van der Waals surface area contributed by atoms with E-state index in [0.717, 1.165) is 26.0 Å². The summed E-state index contributed by atoms with van der Waals surface area (Å²) in [5.74, 6) is 4.89. The van der Waals surface area contributed by atoms with Gasteiger partial charge in [-0.15, -0.1) is 11.3 Å². The quantitative estimate of drug-likeness (QED) is 0.119. The predicted octanol–water partition coefficient (Wildman–Crippen LogP) is 2.55. The SMILES string of the molecule is CCOC(=O)c1cc(-c2ccccc2)sc1NC(=O)CN(N)/C=C(\N)CN(c1cccc(N)c1)S(C)(=O)=O. The molecule has 0 aliphatic carbocycles. The van der Waals surface area contributed by atoms with Crippen molar-refractivity contribution in [1.29, 1.82) is 0 Å². The molecule has 13 heteroatoms. The van der Waals surface area contributed by atoms with Crippen LogP contribution >= 0.6 is 11.3 Å². The second-order valence-electron chi connectivity index (χ2n) is 8.23. The highest BCUT2D eigenvalue weighted by Gasteiger charge is 2.21. The number of nitrogens with one attached hydrogen (secondary N) is 1. The molecule has 0 aliphatic heterocycles. The predicted molar refractivity (Wildman–Crippen MR) is 151 cm³/mol. The van der Waals surface area contributed by atoms with Gasteiger partial charge >= 0.3 is 5.97 Å². The van der Waals surface area contributed by atoms with Crippen LogP contribution in [-0.2, 0) is 19.6 Å². The number of thiophene rings is 1.